The molecule has 0 radical (unpaired) electrons. The third kappa shape index (κ3) is 2.39. The fourth-order valence-corrected chi connectivity index (χ4v) is 0.287. The van der Waals surface area contributed by atoms with E-state index in [1.54, 1.807) is 0 Å². The van der Waals surface area contributed by atoms with Crippen LogP contribution in [0.3, 0.4) is 0 Å². The number of rotatable bonds is 2. The molecule has 0 aliphatic heterocycles. The summed E-state index contributed by atoms with van der Waals surface area (Å²) in [5, 5.41) is 0. The van der Waals surface area contributed by atoms with Crippen molar-refractivity contribution in [2.24, 2.45) is 11.7 Å². The quantitative estimate of drug-likeness (QED) is 0.535. The van der Waals surface area contributed by atoms with Gasteiger partial charge in [-0.15, -0.1) is 0 Å². The van der Waals surface area contributed by atoms with Gasteiger partial charge in [0.25, 0.3) is 0 Å². The number of nitrogens with two attached hydrogens (primary N) is 1. The fraction of sp³-hybridized carbons (Fsp3) is 0.500. The summed E-state index contributed by atoms with van der Waals surface area (Å²) in [6, 6.07) is 0. The van der Waals surface area contributed by atoms with Gasteiger partial charge in [0.15, 0.2) is 5.78 Å². The lowest BCUT2D eigenvalue weighted by molar-refractivity contribution is -0.117. The van der Waals surface area contributed by atoms with Crippen LogP contribution in [0.25, 0.3) is 0 Å². The molecule has 0 amide bonds. The van der Waals surface area contributed by atoms with E-state index in [2.05, 4.69) is 0 Å². The molecule has 0 spiro atoms. The lowest BCUT2D eigenvalue weighted by atomic mass is 10.1. The summed E-state index contributed by atoms with van der Waals surface area (Å²) in [5.74, 6) is 0.141. The Morgan fingerprint density at radius 1 is 1.62 bits per heavy atom. The van der Waals surface area contributed by atoms with Crippen LogP contribution in [-0.2, 0) is 4.79 Å². The molecule has 46 valence electrons. The normalized spacial score (nSPS) is 10.9. The van der Waals surface area contributed by atoms with E-state index >= 15 is 0 Å². The average Bonchev–Trinajstić information content (AvgIpc) is 1.67. The number of carbonyl (C=O) groups excluding carboxylic acids is 1. The van der Waals surface area contributed by atoms with Gasteiger partial charge in [-0.2, -0.15) is 0 Å². The third-order valence-corrected chi connectivity index (χ3v) is 0.830. The molecule has 2 N–H and O–H groups in total. The molecule has 0 bridgehead atoms. The van der Waals surface area contributed by atoms with E-state index in [-0.39, 0.29) is 11.7 Å². The van der Waals surface area contributed by atoms with Crippen LogP contribution in [0, 0.1) is 5.92 Å². The number of allylic oxidation sites excluding steroid dienone is 1. The first kappa shape index (κ1) is 7.21. The molecule has 0 aliphatic carbocycles. The topological polar surface area (TPSA) is 43.1 Å². The van der Waals surface area contributed by atoms with Crippen molar-refractivity contribution in [1.82, 2.24) is 0 Å². The van der Waals surface area contributed by atoms with Crippen LogP contribution in [0.4, 0.5) is 0 Å². The SMILES string of the molecule is CC(C)C(=O)/C=C/N. The summed E-state index contributed by atoms with van der Waals surface area (Å²) in [5.41, 5.74) is 4.97. The number of carbonyl (C=O) groups is 1. The van der Waals surface area contributed by atoms with E-state index < -0.39 is 0 Å². The first-order valence-electron chi connectivity index (χ1n) is 2.60. The molecule has 0 aromatic heterocycles. The second-order valence-corrected chi connectivity index (χ2v) is 1.92. The van der Waals surface area contributed by atoms with E-state index in [4.69, 9.17) is 5.73 Å². The van der Waals surface area contributed by atoms with Gasteiger partial charge in [-0.3, -0.25) is 4.79 Å². The average molecular weight is 113 g/mol. The van der Waals surface area contributed by atoms with Gasteiger partial charge in [0, 0.05) is 5.92 Å². The standard InChI is InChI=1S/C6H11NO/c1-5(2)6(8)3-4-7/h3-5H,7H2,1-2H3/b4-3+. The number of ketones is 1. The van der Waals surface area contributed by atoms with Crippen LogP contribution in [0.1, 0.15) is 13.8 Å². The lowest BCUT2D eigenvalue weighted by Crippen LogP contribution is -2.02. The van der Waals surface area contributed by atoms with Crippen molar-refractivity contribution in [3.63, 3.8) is 0 Å². The minimum Gasteiger partial charge on any atom is -0.404 e. The molecule has 0 fully saturated rings. The van der Waals surface area contributed by atoms with Crippen LogP contribution >= 0.6 is 0 Å². The minimum atomic E-state index is 0.0646. The first-order valence-corrected chi connectivity index (χ1v) is 2.60. The molecular formula is C6H11NO. The van der Waals surface area contributed by atoms with Crippen molar-refractivity contribution in [2.45, 2.75) is 13.8 Å². The highest BCUT2D eigenvalue weighted by Gasteiger charge is 1.99. The second kappa shape index (κ2) is 3.24. The van der Waals surface area contributed by atoms with Crippen LogP contribution in [-0.4, -0.2) is 5.78 Å². The predicted molar refractivity (Wildman–Crippen MR) is 33.2 cm³/mol. The van der Waals surface area contributed by atoms with Gasteiger partial charge in [0.2, 0.25) is 0 Å². The Morgan fingerprint density at radius 3 is 2.25 bits per heavy atom. The van der Waals surface area contributed by atoms with Gasteiger partial charge < -0.3 is 5.73 Å². The van der Waals surface area contributed by atoms with Gasteiger partial charge >= 0.3 is 0 Å². The molecule has 0 aromatic carbocycles. The molecule has 0 rings (SSSR count). The maximum absolute atomic E-state index is 10.6. The highest BCUT2D eigenvalue weighted by atomic mass is 16.1. The van der Waals surface area contributed by atoms with Gasteiger partial charge in [-0.1, -0.05) is 13.8 Å². The van der Waals surface area contributed by atoms with Crippen molar-refractivity contribution in [1.29, 1.82) is 0 Å². The smallest absolute Gasteiger partial charge is 0.159 e. The van der Waals surface area contributed by atoms with E-state index in [1.807, 2.05) is 13.8 Å². The zero-order valence-electron chi connectivity index (χ0n) is 5.22. The van der Waals surface area contributed by atoms with E-state index in [0.717, 1.165) is 0 Å². The second-order valence-electron chi connectivity index (χ2n) is 1.92. The molecule has 2 nitrogen and oxygen atoms in total. The summed E-state index contributed by atoms with van der Waals surface area (Å²) >= 11 is 0. The van der Waals surface area contributed by atoms with Crippen molar-refractivity contribution < 1.29 is 4.79 Å². The van der Waals surface area contributed by atoms with Gasteiger partial charge in [-0.05, 0) is 12.3 Å². The molecule has 2 heteroatoms. The Bertz CT molecular complexity index is 105. The van der Waals surface area contributed by atoms with Gasteiger partial charge in [0.1, 0.15) is 0 Å². The predicted octanol–water partition coefficient (Wildman–Crippen LogP) is 0.684. The Morgan fingerprint density at radius 2 is 2.12 bits per heavy atom. The zero-order chi connectivity index (χ0) is 6.57. The van der Waals surface area contributed by atoms with E-state index in [1.165, 1.54) is 12.3 Å². The maximum atomic E-state index is 10.6. The largest absolute Gasteiger partial charge is 0.404 e. The maximum Gasteiger partial charge on any atom is 0.159 e. The molecule has 0 unspecified atom stereocenters. The van der Waals surface area contributed by atoms with Crippen molar-refractivity contribution in [2.75, 3.05) is 0 Å². The monoisotopic (exact) mass is 113 g/mol. The highest BCUT2D eigenvalue weighted by Crippen LogP contribution is 1.93. The van der Waals surface area contributed by atoms with Gasteiger partial charge in [0.05, 0.1) is 0 Å². The minimum absolute atomic E-state index is 0.0646. The Kier molecular flexibility index (Phi) is 2.92. The zero-order valence-corrected chi connectivity index (χ0v) is 5.22. The molecule has 0 saturated heterocycles. The van der Waals surface area contributed by atoms with Crippen LogP contribution < -0.4 is 5.73 Å². The summed E-state index contributed by atoms with van der Waals surface area (Å²) in [6.45, 7) is 3.67. The summed E-state index contributed by atoms with van der Waals surface area (Å²) < 4.78 is 0. The van der Waals surface area contributed by atoms with Crippen LogP contribution in [0.15, 0.2) is 12.3 Å². The van der Waals surface area contributed by atoms with Crippen molar-refractivity contribution in [3.05, 3.63) is 12.3 Å². The molecule has 0 aromatic rings. The molecule has 0 aliphatic rings. The van der Waals surface area contributed by atoms with E-state index in [0.29, 0.717) is 0 Å². The summed E-state index contributed by atoms with van der Waals surface area (Å²) in [6.07, 6.45) is 2.65. The Balaban J connectivity index is 3.66. The number of hydrogen-bond donors (Lipinski definition) is 1. The van der Waals surface area contributed by atoms with Crippen LogP contribution in [0.2, 0.25) is 0 Å². The summed E-state index contributed by atoms with van der Waals surface area (Å²) in [7, 11) is 0. The third-order valence-electron chi connectivity index (χ3n) is 0.830. The fourth-order valence-electron chi connectivity index (χ4n) is 0.287. The molecule has 8 heavy (non-hydrogen) atoms. The lowest BCUT2D eigenvalue weighted by Gasteiger charge is -1.93. The first-order chi connectivity index (χ1) is 3.68. The van der Waals surface area contributed by atoms with E-state index in [9.17, 15) is 4.79 Å². The molecular weight excluding hydrogens is 102 g/mol. The van der Waals surface area contributed by atoms with Crippen molar-refractivity contribution in [3.8, 4) is 0 Å². The number of hydrogen-bond acceptors (Lipinski definition) is 2. The Hall–Kier alpha value is -0.790. The Labute approximate surface area is 49.4 Å². The highest BCUT2D eigenvalue weighted by molar-refractivity contribution is 5.90. The van der Waals surface area contributed by atoms with Crippen molar-refractivity contribution >= 4 is 5.78 Å². The molecule has 0 heterocycles. The molecule has 0 atom stereocenters. The van der Waals surface area contributed by atoms with Crippen LogP contribution in [0.5, 0.6) is 0 Å². The van der Waals surface area contributed by atoms with Gasteiger partial charge in [-0.25, -0.2) is 0 Å². The molecule has 0 saturated carbocycles. The summed E-state index contributed by atoms with van der Waals surface area (Å²) in [4.78, 5) is 10.6.